The highest BCUT2D eigenvalue weighted by molar-refractivity contribution is 6.31. The minimum absolute atomic E-state index is 0.351. The molecule has 108 valence electrons. The van der Waals surface area contributed by atoms with Gasteiger partial charge in [0.1, 0.15) is 0 Å². The monoisotopic (exact) mass is 282 g/mol. The van der Waals surface area contributed by atoms with Gasteiger partial charge < -0.3 is 10.2 Å². The Kier molecular flexibility index (Phi) is 8.11. The van der Waals surface area contributed by atoms with Gasteiger partial charge in [-0.15, -0.1) is 0 Å². The molecule has 1 rings (SSSR count). The predicted molar refractivity (Wildman–Crippen MR) is 84.9 cm³/mol. The molecule has 0 aliphatic carbocycles. The molecule has 2 nitrogen and oxygen atoms in total. The van der Waals surface area contributed by atoms with Gasteiger partial charge in [-0.05, 0) is 50.7 Å². The molecule has 0 saturated carbocycles. The zero-order valence-corrected chi connectivity index (χ0v) is 13.2. The lowest BCUT2D eigenvalue weighted by Crippen LogP contribution is -2.30. The summed E-state index contributed by atoms with van der Waals surface area (Å²) in [7, 11) is 0. The van der Waals surface area contributed by atoms with Crippen molar-refractivity contribution in [2.24, 2.45) is 0 Å². The van der Waals surface area contributed by atoms with Gasteiger partial charge in [0.15, 0.2) is 0 Å². The largest absolute Gasteiger partial charge is 0.310 e. The van der Waals surface area contributed by atoms with Crippen LogP contribution in [0.2, 0.25) is 5.02 Å². The number of benzene rings is 1. The molecule has 1 atom stereocenters. The summed E-state index contributed by atoms with van der Waals surface area (Å²) in [6.07, 6.45) is 2.32. The Labute approximate surface area is 123 Å². The van der Waals surface area contributed by atoms with Crippen molar-refractivity contribution in [3.05, 3.63) is 34.9 Å². The van der Waals surface area contributed by atoms with Crippen LogP contribution in [0.3, 0.4) is 0 Å². The van der Waals surface area contributed by atoms with E-state index in [0.717, 1.165) is 31.1 Å². The van der Waals surface area contributed by atoms with Crippen molar-refractivity contribution in [2.45, 2.75) is 39.7 Å². The van der Waals surface area contributed by atoms with E-state index >= 15 is 0 Å². The molecule has 3 heteroatoms. The van der Waals surface area contributed by atoms with Gasteiger partial charge in [0.2, 0.25) is 0 Å². The second-order valence-corrected chi connectivity index (χ2v) is 5.26. The molecular weight excluding hydrogens is 256 g/mol. The number of hydrogen-bond acceptors (Lipinski definition) is 2. The predicted octanol–water partition coefficient (Wildman–Crippen LogP) is 4.11. The van der Waals surface area contributed by atoms with E-state index < -0.39 is 0 Å². The molecule has 19 heavy (non-hydrogen) atoms. The lowest BCUT2D eigenvalue weighted by Gasteiger charge is -2.25. The first-order valence-corrected chi connectivity index (χ1v) is 7.80. The van der Waals surface area contributed by atoms with Crippen molar-refractivity contribution in [3.63, 3.8) is 0 Å². The molecule has 0 spiro atoms. The van der Waals surface area contributed by atoms with Gasteiger partial charge in [0, 0.05) is 11.1 Å². The summed E-state index contributed by atoms with van der Waals surface area (Å²) in [5, 5.41) is 4.42. The zero-order valence-electron chi connectivity index (χ0n) is 12.5. The quantitative estimate of drug-likeness (QED) is 0.733. The maximum absolute atomic E-state index is 6.31. The minimum Gasteiger partial charge on any atom is -0.310 e. The summed E-state index contributed by atoms with van der Waals surface area (Å²) >= 11 is 6.31. The Bertz CT molecular complexity index is 354. The Hall–Kier alpha value is -0.570. The van der Waals surface area contributed by atoms with Gasteiger partial charge in [-0.25, -0.2) is 0 Å². The lowest BCUT2D eigenvalue weighted by molar-refractivity contribution is 0.270. The van der Waals surface area contributed by atoms with E-state index in [9.17, 15) is 0 Å². The van der Waals surface area contributed by atoms with Gasteiger partial charge in [0.25, 0.3) is 0 Å². The van der Waals surface area contributed by atoms with E-state index in [1.807, 2.05) is 12.1 Å². The van der Waals surface area contributed by atoms with Gasteiger partial charge >= 0.3 is 0 Å². The Balaban J connectivity index is 2.65. The van der Waals surface area contributed by atoms with E-state index in [1.165, 1.54) is 18.5 Å². The minimum atomic E-state index is 0.351. The van der Waals surface area contributed by atoms with Crippen LogP contribution in [-0.2, 0) is 0 Å². The van der Waals surface area contributed by atoms with E-state index in [0.29, 0.717) is 6.04 Å². The van der Waals surface area contributed by atoms with Gasteiger partial charge in [-0.2, -0.15) is 0 Å². The summed E-state index contributed by atoms with van der Waals surface area (Å²) in [4.78, 5) is 2.50. The maximum atomic E-state index is 6.31. The smallest absolute Gasteiger partial charge is 0.0453 e. The molecule has 0 aromatic heterocycles. The first kappa shape index (κ1) is 16.5. The normalized spacial score (nSPS) is 12.9. The fourth-order valence-electron chi connectivity index (χ4n) is 2.43. The molecule has 0 aliphatic rings. The van der Waals surface area contributed by atoms with Crippen LogP contribution < -0.4 is 5.32 Å². The van der Waals surface area contributed by atoms with Crippen LogP contribution in [0, 0.1) is 0 Å². The van der Waals surface area contributed by atoms with Crippen LogP contribution in [-0.4, -0.2) is 31.1 Å². The topological polar surface area (TPSA) is 15.3 Å². The Morgan fingerprint density at radius 2 is 1.89 bits per heavy atom. The molecule has 0 heterocycles. The summed E-state index contributed by atoms with van der Waals surface area (Å²) in [6, 6.07) is 8.51. The SMILES string of the molecule is CCCN(CC)CCC(NCC)c1ccccc1Cl. The third kappa shape index (κ3) is 5.52. The Morgan fingerprint density at radius 1 is 1.16 bits per heavy atom. The summed E-state index contributed by atoms with van der Waals surface area (Å²) in [5.74, 6) is 0. The average molecular weight is 283 g/mol. The fourth-order valence-corrected chi connectivity index (χ4v) is 2.69. The highest BCUT2D eigenvalue weighted by atomic mass is 35.5. The number of nitrogens with one attached hydrogen (secondary N) is 1. The summed E-state index contributed by atoms with van der Waals surface area (Å²) in [6.45, 7) is 11.0. The number of halogens is 1. The molecule has 0 aliphatic heterocycles. The third-order valence-electron chi connectivity index (χ3n) is 3.45. The standard InChI is InChI=1S/C16H27ClN2/c1-4-12-19(6-3)13-11-16(18-5-2)14-9-7-8-10-15(14)17/h7-10,16,18H,4-6,11-13H2,1-3H3. The van der Waals surface area contributed by atoms with Crippen molar-refractivity contribution < 1.29 is 0 Å². The number of rotatable bonds is 9. The van der Waals surface area contributed by atoms with Crippen molar-refractivity contribution in [1.82, 2.24) is 10.2 Å². The van der Waals surface area contributed by atoms with Crippen LogP contribution in [0.5, 0.6) is 0 Å². The van der Waals surface area contributed by atoms with Gasteiger partial charge in [-0.3, -0.25) is 0 Å². The van der Waals surface area contributed by atoms with Crippen molar-refractivity contribution in [3.8, 4) is 0 Å². The third-order valence-corrected chi connectivity index (χ3v) is 3.80. The highest BCUT2D eigenvalue weighted by Gasteiger charge is 2.14. The summed E-state index contributed by atoms with van der Waals surface area (Å²) < 4.78 is 0. The fraction of sp³-hybridized carbons (Fsp3) is 0.625. The van der Waals surface area contributed by atoms with Crippen molar-refractivity contribution in [1.29, 1.82) is 0 Å². The molecule has 0 radical (unpaired) electrons. The maximum Gasteiger partial charge on any atom is 0.0453 e. The second kappa shape index (κ2) is 9.35. The molecule has 1 unspecified atom stereocenters. The zero-order chi connectivity index (χ0) is 14.1. The second-order valence-electron chi connectivity index (χ2n) is 4.85. The van der Waals surface area contributed by atoms with Gasteiger partial charge in [-0.1, -0.05) is 50.6 Å². The van der Waals surface area contributed by atoms with Crippen LogP contribution in [0.1, 0.15) is 45.2 Å². The number of hydrogen-bond donors (Lipinski definition) is 1. The molecule has 1 N–H and O–H groups in total. The highest BCUT2D eigenvalue weighted by Crippen LogP contribution is 2.25. The van der Waals surface area contributed by atoms with E-state index in [2.05, 4.69) is 43.1 Å². The molecule has 1 aromatic rings. The van der Waals surface area contributed by atoms with E-state index in [-0.39, 0.29) is 0 Å². The first-order chi connectivity index (χ1) is 9.22. The van der Waals surface area contributed by atoms with Crippen LogP contribution in [0.25, 0.3) is 0 Å². The molecule has 0 amide bonds. The van der Waals surface area contributed by atoms with Gasteiger partial charge in [0.05, 0.1) is 0 Å². The molecular formula is C16H27ClN2. The van der Waals surface area contributed by atoms with Crippen LogP contribution in [0.15, 0.2) is 24.3 Å². The van der Waals surface area contributed by atoms with E-state index in [1.54, 1.807) is 0 Å². The van der Waals surface area contributed by atoms with Crippen LogP contribution >= 0.6 is 11.6 Å². The molecule has 0 saturated heterocycles. The Morgan fingerprint density at radius 3 is 2.47 bits per heavy atom. The summed E-state index contributed by atoms with van der Waals surface area (Å²) in [5.41, 5.74) is 1.22. The molecule has 1 aromatic carbocycles. The first-order valence-electron chi connectivity index (χ1n) is 7.43. The van der Waals surface area contributed by atoms with E-state index in [4.69, 9.17) is 11.6 Å². The van der Waals surface area contributed by atoms with Crippen molar-refractivity contribution >= 4 is 11.6 Å². The molecule has 0 fully saturated rings. The lowest BCUT2D eigenvalue weighted by atomic mass is 10.0. The number of nitrogens with zero attached hydrogens (tertiary/aromatic N) is 1. The average Bonchev–Trinajstić information content (AvgIpc) is 2.42. The van der Waals surface area contributed by atoms with Crippen molar-refractivity contribution in [2.75, 3.05) is 26.2 Å². The van der Waals surface area contributed by atoms with Crippen LogP contribution in [0.4, 0.5) is 0 Å². The molecule has 0 bridgehead atoms.